The van der Waals surface area contributed by atoms with Crippen LogP contribution in [0.1, 0.15) is 5.56 Å². The second-order valence-corrected chi connectivity index (χ2v) is 3.02. The quantitative estimate of drug-likeness (QED) is 0.729. The number of nitriles is 1. The zero-order valence-corrected chi connectivity index (χ0v) is 8.47. The van der Waals surface area contributed by atoms with Gasteiger partial charge in [0.2, 0.25) is 0 Å². The third-order valence-corrected chi connectivity index (χ3v) is 1.83. The molecule has 5 heteroatoms. The molecule has 0 saturated carbocycles. The summed E-state index contributed by atoms with van der Waals surface area (Å²) in [4.78, 5) is 3.89. The Hall–Kier alpha value is -1.64. The van der Waals surface area contributed by atoms with E-state index in [1.807, 2.05) is 6.07 Å². The number of ether oxygens (including phenoxy) is 1. The summed E-state index contributed by atoms with van der Waals surface area (Å²) in [5, 5.41) is 21.1. The van der Waals surface area contributed by atoms with E-state index in [0.29, 0.717) is 17.8 Å². The highest BCUT2D eigenvalue weighted by atomic mass is 16.5. The number of rotatable bonds is 5. The van der Waals surface area contributed by atoms with Crippen LogP contribution < -0.4 is 5.32 Å². The highest BCUT2D eigenvalue weighted by Crippen LogP contribution is 2.11. The second kappa shape index (κ2) is 5.96. The lowest BCUT2D eigenvalue weighted by Crippen LogP contribution is -2.24. The number of hydrogen-bond donors (Lipinski definition) is 2. The fourth-order valence-corrected chi connectivity index (χ4v) is 1.11. The number of pyridine rings is 1. The van der Waals surface area contributed by atoms with Crippen LogP contribution in [-0.2, 0) is 4.74 Å². The van der Waals surface area contributed by atoms with Gasteiger partial charge < -0.3 is 15.2 Å². The van der Waals surface area contributed by atoms with Crippen molar-refractivity contribution in [3.05, 3.63) is 24.0 Å². The molecule has 0 fully saturated rings. The summed E-state index contributed by atoms with van der Waals surface area (Å²) in [6.45, 7) is 0.587. The van der Waals surface area contributed by atoms with Crippen LogP contribution in [-0.4, -0.2) is 36.5 Å². The smallest absolute Gasteiger partial charge is 0.101 e. The number of methoxy groups -OCH3 is 1. The van der Waals surface area contributed by atoms with Crippen molar-refractivity contribution in [1.82, 2.24) is 4.98 Å². The molecule has 1 unspecified atom stereocenters. The van der Waals surface area contributed by atoms with Gasteiger partial charge >= 0.3 is 0 Å². The number of anilines is 1. The van der Waals surface area contributed by atoms with E-state index in [1.165, 1.54) is 7.11 Å². The van der Waals surface area contributed by atoms with Crippen LogP contribution in [0.2, 0.25) is 0 Å². The van der Waals surface area contributed by atoms with E-state index in [0.717, 1.165) is 0 Å². The van der Waals surface area contributed by atoms with Gasteiger partial charge in [-0.15, -0.1) is 0 Å². The van der Waals surface area contributed by atoms with Crippen molar-refractivity contribution in [1.29, 1.82) is 5.26 Å². The Morgan fingerprint density at radius 2 is 2.53 bits per heavy atom. The predicted octanol–water partition coefficient (Wildman–Crippen LogP) is 0.372. The summed E-state index contributed by atoms with van der Waals surface area (Å²) in [5.74, 6) is 0. The lowest BCUT2D eigenvalue weighted by atomic mass is 10.2. The molecule has 0 aliphatic carbocycles. The average molecular weight is 207 g/mol. The lowest BCUT2D eigenvalue weighted by Gasteiger charge is -2.12. The lowest BCUT2D eigenvalue weighted by molar-refractivity contribution is 0.0727. The Labute approximate surface area is 88.3 Å². The number of nitrogens with zero attached hydrogens (tertiary/aromatic N) is 2. The van der Waals surface area contributed by atoms with Gasteiger partial charge in [0.15, 0.2) is 0 Å². The molecule has 0 aromatic carbocycles. The Balaban J connectivity index is 2.54. The molecule has 1 rings (SSSR count). The number of aliphatic hydroxyl groups is 1. The Bertz CT molecular complexity index is 349. The molecule has 0 radical (unpaired) electrons. The maximum atomic E-state index is 9.38. The summed E-state index contributed by atoms with van der Waals surface area (Å²) in [6, 6.07) is 3.65. The summed E-state index contributed by atoms with van der Waals surface area (Å²) in [6.07, 6.45) is 2.51. The van der Waals surface area contributed by atoms with Gasteiger partial charge in [-0.2, -0.15) is 5.26 Å². The van der Waals surface area contributed by atoms with E-state index < -0.39 is 6.10 Å². The molecule has 1 aromatic heterocycles. The van der Waals surface area contributed by atoms with Crippen LogP contribution in [0.25, 0.3) is 0 Å². The van der Waals surface area contributed by atoms with Gasteiger partial charge in [0.05, 0.1) is 30.2 Å². The molecule has 0 spiro atoms. The van der Waals surface area contributed by atoms with Gasteiger partial charge in [0, 0.05) is 19.9 Å². The molecule has 0 bridgehead atoms. The number of hydrogen-bond acceptors (Lipinski definition) is 5. The molecule has 5 nitrogen and oxygen atoms in total. The normalized spacial score (nSPS) is 11.8. The minimum absolute atomic E-state index is 0.259. The van der Waals surface area contributed by atoms with E-state index in [2.05, 4.69) is 10.3 Å². The molecule has 15 heavy (non-hydrogen) atoms. The van der Waals surface area contributed by atoms with Crippen LogP contribution >= 0.6 is 0 Å². The van der Waals surface area contributed by atoms with Crippen molar-refractivity contribution in [2.75, 3.05) is 25.6 Å². The molecule has 2 N–H and O–H groups in total. The van der Waals surface area contributed by atoms with Gasteiger partial charge in [0.1, 0.15) is 6.07 Å². The third kappa shape index (κ3) is 3.54. The fourth-order valence-electron chi connectivity index (χ4n) is 1.11. The van der Waals surface area contributed by atoms with Crippen molar-refractivity contribution < 1.29 is 9.84 Å². The summed E-state index contributed by atoms with van der Waals surface area (Å²) >= 11 is 0. The SMILES string of the molecule is COCC(O)CNc1cnccc1C#N. The van der Waals surface area contributed by atoms with Gasteiger partial charge in [-0.3, -0.25) is 4.98 Å². The molecule has 0 saturated heterocycles. The highest BCUT2D eigenvalue weighted by Gasteiger charge is 2.05. The standard InChI is InChI=1S/C10H13N3O2/c1-15-7-9(14)5-13-10-6-12-3-2-8(10)4-11/h2-3,6,9,13-14H,5,7H2,1H3. The first-order chi connectivity index (χ1) is 7.27. The van der Waals surface area contributed by atoms with Crippen molar-refractivity contribution >= 4 is 5.69 Å². The van der Waals surface area contributed by atoms with E-state index in [9.17, 15) is 5.11 Å². The maximum Gasteiger partial charge on any atom is 0.101 e. The zero-order valence-electron chi connectivity index (χ0n) is 8.47. The Kier molecular flexibility index (Phi) is 4.54. The van der Waals surface area contributed by atoms with Crippen molar-refractivity contribution in [3.8, 4) is 6.07 Å². The van der Waals surface area contributed by atoms with E-state index >= 15 is 0 Å². The first-order valence-electron chi connectivity index (χ1n) is 4.53. The first-order valence-corrected chi connectivity index (χ1v) is 4.53. The fraction of sp³-hybridized carbons (Fsp3) is 0.400. The van der Waals surface area contributed by atoms with Gasteiger partial charge in [-0.05, 0) is 6.07 Å². The molecule has 1 aromatic rings. The van der Waals surface area contributed by atoms with E-state index in [1.54, 1.807) is 18.5 Å². The van der Waals surface area contributed by atoms with Gasteiger partial charge in [-0.25, -0.2) is 0 Å². The summed E-state index contributed by atoms with van der Waals surface area (Å²) in [7, 11) is 1.52. The van der Waals surface area contributed by atoms with Crippen LogP contribution in [0.3, 0.4) is 0 Å². The minimum atomic E-state index is -0.596. The first kappa shape index (κ1) is 11.4. The van der Waals surface area contributed by atoms with Gasteiger partial charge in [-0.1, -0.05) is 0 Å². The van der Waals surface area contributed by atoms with Crippen LogP contribution in [0.15, 0.2) is 18.5 Å². The van der Waals surface area contributed by atoms with E-state index in [4.69, 9.17) is 10.00 Å². The number of aromatic nitrogens is 1. The molecule has 80 valence electrons. The molecule has 0 aliphatic rings. The summed E-state index contributed by atoms with van der Waals surface area (Å²) in [5.41, 5.74) is 1.13. The molecule has 0 amide bonds. The number of aliphatic hydroxyl groups excluding tert-OH is 1. The third-order valence-electron chi connectivity index (χ3n) is 1.83. The maximum absolute atomic E-state index is 9.38. The predicted molar refractivity (Wildman–Crippen MR) is 55.3 cm³/mol. The van der Waals surface area contributed by atoms with Crippen LogP contribution in [0.4, 0.5) is 5.69 Å². The molecule has 1 atom stereocenters. The van der Waals surface area contributed by atoms with Crippen molar-refractivity contribution in [2.45, 2.75) is 6.10 Å². The highest BCUT2D eigenvalue weighted by molar-refractivity contribution is 5.55. The minimum Gasteiger partial charge on any atom is -0.389 e. The summed E-state index contributed by atoms with van der Waals surface area (Å²) < 4.78 is 4.78. The topological polar surface area (TPSA) is 78.2 Å². The zero-order chi connectivity index (χ0) is 11.1. The molecular formula is C10H13N3O2. The van der Waals surface area contributed by atoms with Crippen molar-refractivity contribution in [3.63, 3.8) is 0 Å². The monoisotopic (exact) mass is 207 g/mol. The van der Waals surface area contributed by atoms with E-state index in [-0.39, 0.29) is 6.61 Å². The number of nitrogens with one attached hydrogen (secondary N) is 1. The Morgan fingerprint density at radius 1 is 1.73 bits per heavy atom. The average Bonchev–Trinajstić information content (AvgIpc) is 2.27. The second-order valence-electron chi connectivity index (χ2n) is 3.02. The van der Waals surface area contributed by atoms with Gasteiger partial charge in [0.25, 0.3) is 0 Å². The Morgan fingerprint density at radius 3 is 3.20 bits per heavy atom. The van der Waals surface area contributed by atoms with Crippen LogP contribution in [0, 0.1) is 11.3 Å². The molecule has 1 heterocycles. The molecule has 0 aliphatic heterocycles. The van der Waals surface area contributed by atoms with Crippen molar-refractivity contribution in [2.24, 2.45) is 0 Å². The largest absolute Gasteiger partial charge is 0.389 e. The van der Waals surface area contributed by atoms with Crippen LogP contribution in [0.5, 0.6) is 0 Å². The molecular weight excluding hydrogens is 194 g/mol.